The summed E-state index contributed by atoms with van der Waals surface area (Å²) in [6, 6.07) is 44.5. The minimum Gasteiger partial charge on any atom is -0.166 e. The average molecular weight is 941 g/mol. The summed E-state index contributed by atoms with van der Waals surface area (Å²) in [6.45, 7) is 0. The van der Waals surface area contributed by atoms with E-state index in [1.54, 1.807) is 45.3 Å². The molecular formula is C56H26F6S4. The van der Waals surface area contributed by atoms with Crippen molar-refractivity contribution in [3.05, 3.63) is 190 Å². The van der Waals surface area contributed by atoms with Gasteiger partial charge in [-0.25, -0.2) is 0 Å². The van der Waals surface area contributed by atoms with Gasteiger partial charge in [0.15, 0.2) is 0 Å². The van der Waals surface area contributed by atoms with E-state index in [9.17, 15) is 26.3 Å². The zero-order valence-corrected chi connectivity index (χ0v) is 37.2. The third kappa shape index (κ3) is 7.37. The fraction of sp³-hybridized carbons (Fsp3) is 0.0357. The van der Waals surface area contributed by atoms with Crippen LogP contribution in [0.2, 0.25) is 0 Å². The molecule has 4 heterocycles. The highest BCUT2D eigenvalue weighted by Gasteiger charge is 2.30. The van der Waals surface area contributed by atoms with Gasteiger partial charge in [0.25, 0.3) is 0 Å². The Morgan fingerprint density at radius 2 is 0.561 bits per heavy atom. The van der Waals surface area contributed by atoms with Crippen LogP contribution in [0.1, 0.15) is 44.5 Å². The van der Waals surface area contributed by atoms with Gasteiger partial charge >= 0.3 is 12.4 Å². The van der Waals surface area contributed by atoms with Crippen molar-refractivity contribution >= 4 is 138 Å². The Kier molecular flexibility index (Phi) is 9.43. The topological polar surface area (TPSA) is 0 Å². The first-order chi connectivity index (χ1) is 31.9. The number of fused-ring (bicyclic) bond motifs is 12. The number of thiophene rings is 4. The molecule has 0 saturated carbocycles. The van der Waals surface area contributed by atoms with Crippen molar-refractivity contribution in [2.24, 2.45) is 0 Å². The molecule has 0 saturated heterocycles. The summed E-state index contributed by atoms with van der Waals surface area (Å²) in [4.78, 5) is 0. The largest absolute Gasteiger partial charge is 0.416 e. The van der Waals surface area contributed by atoms with E-state index in [1.165, 1.54) is 84.8 Å². The molecule has 0 bridgehead atoms. The normalized spacial score (nSPS) is 12.4. The van der Waals surface area contributed by atoms with Crippen molar-refractivity contribution in [1.29, 1.82) is 0 Å². The fourth-order valence-electron chi connectivity index (χ4n) is 8.45. The second kappa shape index (κ2) is 15.3. The van der Waals surface area contributed by atoms with E-state index in [0.717, 1.165) is 66.7 Å². The van der Waals surface area contributed by atoms with Gasteiger partial charge in [-0.3, -0.25) is 0 Å². The number of alkyl halides is 6. The standard InChI is InChI=1S/C56H26F6S4/c57-55(58,59)37-15-7-31(8-16-37)1-3-33-11-19-39-43-27-53-45(29-51(43)63-47(39)23-33)41-21-13-35(25-49(41)65-53)5-6-36-14-22-42-46-30-52-44(28-54(46)66-50(42)26-36)40-20-12-34(24-48(40)64-52)4-2-32-9-17-38(18-10-32)56(60,61)62/h5-30H. The molecule has 4 aromatic heterocycles. The highest BCUT2D eigenvalue weighted by molar-refractivity contribution is 7.28. The minimum absolute atomic E-state index is 0.531. The maximum absolute atomic E-state index is 13.0. The summed E-state index contributed by atoms with van der Waals surface area (Å²) in [7, 11) is 0. The Balaban J connectivity index is 0.782. The van der Waals surface area contributed by atoms with E-state index in [1.807, 2.05) is 12.1 Å². The summed E-state index contributed by atoms with van der Waals surface area (Å²) in [5.74, 6) is 12.2. The van der Waals surface area contributed by atoms with E-state index >= 15 is 0 Å². The molecule has 0 N–H and O–H groups in total. The second-order valence-corrected chi connectivity index (χ2v) is 20.3. The van der Waals surface area contributed by atoms with Crippen LogP contribution in [0.25, 0.3) is 92.8 Å². The van der Waals surface area contributed by atoms with Gasteiger partial charge in [0.05, 0.1) is 11.1 Å². The Hall–Kier alpha value is -6.92. The van der Waals surface area contributed by atoms with Crippen molar-refractivity contribution in [2.45, 2.75) is 12.4 Å². The number of rotatable bonds is 2. The van der Waals surface area contributed by atoms with Crippen LogP contribution in [0, 0.1) is 23.7 Å². The van der Waals surface area contributed by atoms with E-state index in [2.05, 4.69) is 121 Å². The van der Waals surface area contributed by atoms with Crippen LogP contribution in [-0.4, -0.2) is 0 Å². The van der Waals surface area contributed by atoms with Crippen LogP contribution in [-0.2, 0) is 12.4 Å². The highest BCUT2D eigenvalue weighted by Crippen LogP contribution is 2.44. The van der Waals surface area contributed by atoms with E-state index in [-0.39, 0.29) is 0 Å². The van der Waals surface area contributed by atoms with Gasteiger partial charge < -0.3 is 0 Å². The van der Waals surface area contributed by atoms with Gasteiger partial charge in [0.1, 0.15) is 0 Å². The number of hydrogen-bond donors (Lipinski definition) is 0. The predicted molar refractivity (Wildman–Crippen MR) is 268 cm³/mol. The summed E-state index contributed by atoms with van der Waals surface area (Å²) in [6.07, 6.45) is -4.40. The smallest absolute Gasteiger partial charge is 0.166 e. The molecule has 10 heteroatoms. The molecule has 0 amide bonds. The molecular weight excluding hydrogens is 915 g/mol. The zero-order valence-electron chi connectivity index (χ0n) is 33.9. The lowest BCUT2D eigenvalue weighted by Gasteiger charge is -2.05. The average Bonchev–Trinajstić information content (AvgIpc) is 4.06. The predicted octanol–water partition coefficient (Wildman–Crippen LogP) is 18.2. The second-order valence-electron chi connectivity index (χ2n) is 16.0. The number of hydrogen-bond acceptors (Lipinski definition) is 4. The van der Waals surface area contributed by atoms with Crippen molar-refractivity contribution in [2.75, 3.05) is 0 Å². The molecule has 0 nitrogen and oxygen atoms in total. The van der Waals surface area contributed by atoms with Crippen molar-refractivity contribution in [1.82, 2.24) is 0 Å². The molecule has 0 atom stereocenters. The Morgan fingerprint density at radius 3 is 0.894 bits per heavy atom. The maximum atomic E-state index is 13.0. The first-order valence-electron chi connectivity index (χ1n) is 20.6. The minimum atomic E-state index is -4.37. The van der Waals surface area contributed by atoms with Crippen molar-refractivity contribution in [3.63, 3.8) is 0 Å². The van der Waals surface area contributed by atoms with Crippen LogP contribution in [0.15, 0.2) is 146 Å². The molecule has 0 unspecified atom stereocenters. The molecule has 8 aromatic carbocycles. The number of benzene rings is 8. The van der Waals surface area contributed by atoms with Crippen LogP contribution in [0.5, 0.6) is 0 Å². The molecule has 0 aliphatic heterocycles. The van der Waals surface area contributed by atoms with Crippen molar-refractivity contribution < 1.29 is 26.3 Å². The summed E-state index contributed by atoms with van der Waals surface area (Å²) in [5, 5.41) is 9.60. The monoisotopic (exact) mass is 940 g/mol. The van der Waals surface area contributed by atoms with E-state index in [4.69, 9.17) is 0 Å². The molecule has 0 fully saturated rings. The molecule has 0 aliphatic rings. The zero-order chi connectivity index (χ0) is 44.9. The van der Waals surface area contributed by atoms with E-state index in [0.29, 0.717) is 11.1 Å². The van der Waals surface area contributed by atoms with Gasteiger partial charge in [-0.1, -0.05) is 72.2 Å². The summed E-state index contributed by atoms with van der Waals surface area (Å²) < 4.78 is 87.3. The fourth-order valence-corrected chi connectivity index (χ4v) is 13.1. The van der Waals surface area contributed by atoms with Crippen LogP contribution >= 0.6 is 45.3 Å². The Morgan fingerprint density at radius 1 is 0.288 bits per heavy atom. The first-order valence-corrected chi connectivity index (χ1v) is 23.8. The number of halogens is 6. The van der Waals surface area contributed by atoms with Gasteiger partial charge in [-0.2, -0.15) is 26.3 Å². The SMILES string of the molecule is FC(F)(F)c1ccc(C#Cc2ccc3c(c2)sc2cc4c(cc23)sc2cc(C=Cc3ccc5c(c3)sc3cc6c(cc35)sc3cc(C#Cc5ccc(C(F)(F)F)cc5)ccc36)ccc24)cc1. The first kappa shape index (κ1) is 40.6. The van der Waals surface area contributed by atoms with Crippen LogP contribution < -0.4 is 0 Å². The van der Waals surface area contributed by atoms with Gasteiger partial charge in [-0.15, -0.1) is 45.3 Å². The molecule has 0 spiro atoms. The maximum Gasteiger partial charge on any atom is 0.416 e. The molecule has 0 radical (unpaired) electrons. The van der Waals surface area contributed by atoms with Crippen LogP contribution in [0.4, 0.5) is 26.3 Å². The van der Waals surface area contributed by atoms with Gasteiger partial charge in [0, 0.05) is 103 Å². The Labute approximate surface area is 388 Å². The summed E-state index contributed by atoms with van der Waals surface area (Å²) in [5.41, 5.74) is 3.57. The molecule has 66 heavy (non-hydrogen) atoms. The van der Waals surface area contributed by atoms with E-state index < -0.39 is 23.5 Å². The highest BCUT2D eigenvalue weighted by atomic mass is 32.1. The lowest BCUT2D eigenvalue weighted by atomic mass is 10.1. The van der Waals surface area contributed by atoms with Gasteiger partial charge in [-0.05, 0) is 120 Å². The molecule has 0 aliphatic carbocycles. The summed E-state index contributed by atoms with van der Waals surface area (Å²) >= 11 is 7.02. The quantitative estimate of drug-likeness (QED) is 0.0920. The lowest BCUT2D eigenvalue weighted by Crippen LogP contribution is -2.04. The van der Waals surface area contributed by atoms with Gasteiger partial charge in [0.2, 0.25) is 0 Å². The third-order valence-corrected chi connectivity index (χ3v) is 16.2. The molecule has 12 aromatic rings. The lowest BCUT2D eigenvalue weighted by molar-refractivity contribution is -0.138. The third-order valence-electron chi connectivity index (χ3n) is 11.8. The van der Waals surface area contributed by atoms with Crippen LogP contribution in [0.3, 0.4) is 0 Å². The molecule has 316 valence electrons. The molecule has 12 rings (SSSR count). The Bertz CT molecular complexity index is 3860. The van der Waals surface area contributed by atoms with Crippen molar-refractivity contribution in [3.8, 4) is 23.7 Å².